The van der Waals surface area contributed by atoms with E-state index in [9.17, 15) is 14.7 Å². The van der Waals surface area contributed by atoms with Crippen molar-refractivity contribution in [2.45, 2.75) is 32.8 Å². The second-order valence-corrected chi connectivity index (χ2v) is 6.47. The molecule has 0 spiro atoms. The molecule has 0 aliphatic heterocycles. The van der Waals surface area contributed by atoms with Gasteiger partial charge in [0.15, 0.2) is 0 Å². The lowest BCUT2D eigenvalue weighted by atomic mass is 10.0. The first-order valence-electron chi connectivity index (χ1n) is 7.65. The van der Waals surface area contributed by atoms with E-state index in [-0.39, 0.29) is 11.3 Å². The Morgan fingerprint density at radius 2 is 1.71 bits per heavy atom. The molecule has 0 heterocycles. The zero-order valence-electron chi connectivity index (χ0n) is 14.0. The SMILES string of the molecule is CC(C)(C)OC(=O)Nc1ccc(Cc2ccccc2)cc1C(=O)O. The molecule has 2 aromatic carbocycles. The summed E-state index contributed by atoms with van der Waals surface area (Å²) in [6, 6.07) is 14.7. The predicted molar refractivity (Wildman–Crippen MR) is 92.5 cm³/mol. The van der Waals surface area contributed by atoms with E-state index in [1.807, 2.05) is 30.3 Å². The predicted octanol–water partition coefficient (Wildman–Crippen LogP) is 4.32. The van der Waals surface area contributed by atoms with Crippen molar-refractivity contribution in [3.63, 3.8) is 0 Å². The number of nitrogens with one attached hydrogen (secondary N) is 1. The van der Waals surface area contributed by atoms with Crippen LogP contribution in [0.15, 0.2) is 48.5 Å². The van der Waals surface area contributed by atoms with Gasteiger partial charge in [-0.3, -0.25) is 5.32 Å². The molecule has 0 radical (unpaired) electrons. The lowest BCUT2D eigenvalue weighted by molar-refractivity contribution is 0.0636. The first kappa shape index (κ1) is 17.5. The fourth-order valence-corrected chi connectivity index (χ4v) is 2.23. The number of carboxylic acid groups (broad SMARTS) is 1. The highest BCUT2D eigenvalue weighted by atomic mass is 16.6. The van der Waals surface area contributed by atoms with E-state index in [0.29, 0.717) is 6.42 Å². The number of amides is 1. The van der Waals surface area contributed by atoms with Crippen LogP contribution in [0.3, 0.4) is 0 Å². The van der Waals surface area contributed by atoms with E-state index in [2.05, 4.69) is 5.32 Å². The van der Waals surface area contributed by atoms with Crippen molar-refractivity contribution in [2.24, 2.45) is 0 Å². The highest BCUT2D eigenvalue weighted by Crippen LogP contribution is 2.21. The van der Waals surface area contributed by atoms with Crippen LogP contribution in [-0.4, -0.2) is 22.8 Å². The highest BCUT2D eigenvalue weighted by Gasteiger charge is 2.19. The van der Waals surface area contributed by atoms with Crippen LogP contribution in [0.5, 0.6) is 0 Å². The van der Waals surface area contributed by atoms with Crippen LogP contribution in [-0.2, 0) is 11.2 Å². The Balaban J connectivity index is 2.21. The fraction of sp³-hybridized carbons (Fsp3) is 0.263. The quantitative estimate of drug-likeness (QED) is 0.877. The standard InChI is InChI=1S/C19H21NO4/c1-19(2,3)24-18(23)20-16-10-9-14(12-15(16)17(21)22)11-13-7-5-4-6-8-13/h4-10,12H,11H2,1-3H3,(H,20,23)(H,21,22). The molecule has 5 nitrogen and oxygen atoms in total. The Hall–Kier alpha value is -2.82. The van der Waals surface area contributed by atoms with Gasteiger partial charge in [0.05, 0.1) is 11.3 Å². The Kier molecular flexibility index (Phi) is 5.24. The van der Waals surface area contributed by atoms with Crippen LogP contribution in [0.2, 0.25) is 0 Å². The van der Waals surface area contributed by atoms with E-state index in [0.717, 1.165) is 11.1 Å². The number of anilines is 1. The van der Waals surface area contributed by atoms with E-state index in [1.54, 1.807) is 39.0 Å². The average Bonchev–Trinajstić information content (AvgIpc) is 2.47. The second kappa shape index (κ2) is 7.17. The maximum atomic E-state index is 11.9. The summed E-state index contributed by atoms with van der Waals surface area (Å²) in [7, 11) is 0. The first-order valence-corrected chi connectivity index (χ1v) is 7.65. The van der Waals surface area contributed by atoms with Crippen LogP contribution >= 0.6 is 0 Å². The lowest BCUT2D eigenvalue weighted by Gasteiger charge is -2.20. The van der Waals surface area contributed by atoms with Crippen LogP contribution in [0.1, 0.15) is 42.3 Å². The Bertz CT molecular complexity index is 733. The summed E-state index contributed by atoms with van der Waals surface area (Å²) >= 11 is 0. The molecule has 0 aliphatic carbocycles. The summed E-state index contributed by atoms with van der Waals surface area (Å²) < 4.78 is 5.16. The van der Waals surface area contributed by atoms with Crippen LogP contribution in [0.4, 0.5) is 10.5 Å². The van der Waals surface area contributed by atoms with Gasteiger partial charge in [-0.05, 0) is 50.5 Å². The van der Waals surface area contributed by atoms with Crippen molar-refractivity contribution in [3.8, 4) is 0 Å². The van der Waals surface area contributed by atoms with E-state index in [1.165, 1.54) is 0 Å². The summed E-state index contributed by atoms with van der Waals surface area (Å²) in [5.41, 5.74) is 1.54. The van der Waals surface area contributed by atoms with Crippen LogP contribution in [0, 0.1) is 0 Å². The summed E-state index contributed by atoms with van der Waals surface area (Å²) in [6.07, 6.45) is -0.0609. The van der Waals surface area contributed by atoms with E-state index < -0.39 is 17.7 Å². The molecule has 0 saturated carbocycles. The number of carbonyl (C=O) groups excluding carboxylic acids is 1. The number of ether oxygens (including phenoxy) is 1. The number of aromatic carboxylic acids is 1. The third kappa shape index (κ3) is 5.12. The molecule has 0 aromatic heterocycles. The topological polar surface area (TPSA) is 75.6 Å². The average molecular weight is 327 g/mol. The van der Waals surface area contributed by atoms with Gasteiger partial charge in [-0.1, -0.05) is 36.4 Å². The van der Waals surface area contributed by atoms with Crippen molar-refractivity contribution in [3.05, 3.63) is 65.2 Å². The number of hydrogen-bond acceptors (Lipinski definition) is 3. The Labute approximate surface area is 141 Å². The van der Waals surface area contributed by atoms with Crippen molar-refractivity contribution in [1.82, 2.24) is 0 Å². The van der Waals surface area contributed by atoms with Gasteiger partial charge in [0.25, 0.3) is 0 Å². The normalized spacial score (nSPS) is 11.0. The lowest BCUT2D eigenvalue weighted by Crippen LogP contribution is -2.27. The Morgan fingerprint density at radius 1 is 1.04 bits per heavy atom. The number of benzene rings is 2. The van der Waals surface area contributed by atoms with Crippen LogP contribution in [0.25, 0.3) is 0 Å². The number of carbonyl (C=O) groups is 2. The second-order valence-electron chi connectivity index (χ2n) is 6.47. The summed E-state index contributed by atoms with van der Waals surface area (Å²) in [6.45, 7) is 5.23. The summed E-state index contributed by atoms with van der Waals surface area (Å²) in [4.78, 5) is 23.4. The smallest absolute Gasteiger partial charge is 0.412 e. The Morgan fingerprint density at radius 3 is 2.29 bits per heavy atom. The molecule has 2 aromatic rings. The van der Waals surface area contributed by atoms with E-state index in [4.69, 9.17) is 4.74 Å². The number of rotatable bonds is 4. The zero-order chi connectivity index (χ0) is 17.7. The molecular formula is C19H21NO4. The molecule has 2 rings (SSSR count). The third-order valence-corrected chi connectivity index (χ3v) is 3.20. The van der Waals surface area contributed by atoms with Gasteiger partial charge in [-0.25, -0.2) is 9.59 Å². The third-order valence-electron chi connectivity index (χ3n) is 3.20. The zero-order valence-corrected chi connectivity index (χ0v) is 14.0. The molecule has 1 amide bonds. The number of carboxylic acids is 1. The van der Waals surface area contributed by atoms with Crippen molar-refractivity contribution in [1.29, 1.82) is 0 Å². The molecule has 126 valence electrons. The van der Waals surface area contributed by atoms with Gasteiger partial charge < -0.3 is 9.84 Å². The minimum atomic E-state index is -1.10. The maximum Gasteiger partial charge on any atom is 0.412 e. The van der Waals surface area contributed by atoms with Crippen LogP contribution < -0.4 is 5.32 Å². The summed E-state index contributed by atoms with van der Waals surface area (Å²) in [5.74, 6) is -1.10. The molecule has 0 atom stereocenters. The van der Waals surface area contributed by atoms with Gasteiger partial charge in [-0.15, -0.1) is 0 Å². The van der Waals surface area contributed by atoms with Gasteiger partial charge in [-0.2, -0.15) is 0 Å². The van der Waals surface area contributed by atoms with Crippen molar-refractivity contribution >= 4 is 17.7 Å². The number of hydrogen-bond donors (Lipinski definition) is 2. The molecule has 24 heavy (non-hydrogen) atoms. The van der Waals surface area contributed by atoms with Gasteiger partial charge in [0.1, 0.15) is 5.60 Å². The van der Waals surface area contributed by atoms with Crippen molar-refractivity contribution < 1.29 is 19.4 Å². The monoisotopic (exact) mass is 327 g/mol. The molecule has 0 bridgehead atoms. The van der Waals surface area contributed by atoms with Gasteiger partial charge in [0.2, 0.25) is 0 Å². The fourth-order valence-electron chi connectivity index (χ4n) is 2.23. The minimum Gasteiger partial charge on any atom is -0.478 e. The molecule has 5 heteroatoms. The van der Waals surface area contributed by atoms with Gasteiger partial charge in [0, 0.05) is 0 Å². The maximum absolute atomic E-state index is 11.9. The van der Waals surface area contributed by atoms with Crippen molar-refractivity contribution in [2.75, 3.05) is 5.32 Å². The molecule has 0 fully saturated rings. The molecular weight excluding hydrogens is 306 g/mol. The minimum absolute atomic E-state index is 0.0364. The largest absolute Gasteiger partial charge is 0.478 e. The summed E-state index contributed by atoms with van der Waals surface area (Å²) in [5, 5.41) is 11.9. The molecule has 2 N–H and O–H groups in total. The molecule has 0 saturated heterocycles. The van der Waals surface area contributed by atoms with E-state index >= 15 is 0 Å². The highest BCUT2D eigenvalue weighted by molar-refractivity contribution is 5.99. The van der Waals surface area contributed by atoms with Gasteiger partial charge >= 0.3 is 12.1 Å². The molecule has 0 unspecified atom stereocenters. The first-order chi connectivity index (χ1) is 11.2. The molecule has 0 aliphatic rings.